The van der Waals surface area contributed by atoms with Gasteiger partial charge in [-0.25, -0.2) is 9.59 Å². The number of ether oxygens (including phenoxy) is 2. The summed E-state index contributed by atoms with van der Waals surface area (Å²) >= 11 is 6.03. The van der Waals surface area contributed by atoms with E-state index in [9.17, 15) is 9.59 Å². The number of esters is 2. The Morgan fingerprint density at radius 2 is 1.91 bits per heavy atom. The summed E-state index contributed by atoms with van der Waals surface area (Å²) < 4.78 is 14.5. The first-order valence-corrected chi connectivity index (χ1v) is 7.07. The quantitative estimate of drug-likeness (QED) is 0.591. The molecule has 0 radical (unpaired) electrons. The zero-order valence-corrected chi connectivity index (χ0v) is 12.9. The predicted octanol–water partition coefficient (Wildman–Crippen LogP) is 2.55. The highest BCUT2D eigenvalue weighted by atomic mass is 35.5. The molecule has 0 saturated carbocycles. The molecule has 8 heteroatoms. The molecule has 0 saturated heterocycles. The van der Waals surface area contributed by atoms with Crippen molar-refractivity contribution in [2.75, 3.05) is 6.61 Å². The highest BCUT2D eigenvalue weighted by Crippen LogP contribution is 2.24. The second-order valence-corrected chi connectivity index (χ2v) is 4.59. The van der Waals surface area contributed by atoms with Crippen LogP contribution in [0.3, 0.4) is 0 Å². The zero-order chi connectivity index (χ0) is 16.7. The summed E-state index contributed by atoms with van der Waals surface area (Å²) in [4.78, 5) is 26.6. The van der Waals surface area contributed by atoms with E-state index in [4.69, 9.17) is 20.9 Å². The number of benzene rings is 1. The molecule has 0 N–H and O–H groups in total. The Labute approximate surface area is 136 Å². The topological polar surface area (TPSA) is 91.5 Å². The van der Waals surface area contributed by atoms with Crippen LogP contribution in [0.15, 0.2) is 40.9 Å². The number of rotatable bonds is 6. The van der Waals surface area contributed by atoms with Gasteiger partial charge >= 0.3 is 11.9 Å². The van der Waals surface area contributed by atoms with Gasteiger partial charge in [0.05, 0.1) is 11.6 Å². The maximum Gasteiger partial charge on any atom is 0.331 e. The average Bonchev–Trinajstić information content (AvgIpc) is 3.00. The smallest absolute Gasteiger partial charge is 0.331 e. The molecule has 2 rings (SSSR count). The summed E-state index contributed by atoms with van der Waals surface area (Å²) in [5.41, 5.74) is 0.609. The number of hydrogen-bond donors (Lipinski definition) is 0. The predicted molar refractivity (Wildman–Crippen MR) is 80.3 cm³/mol. The van der Waals surface area contributed by atoms with Gasteiger partial charge in [-0.05, 0) is 19.1 Å². The largest absolute Gasteiger partial charge is 0.463 e. The maximum atomic E-state index is 11.4. The molecule has 0 aliphatic carbocycles. The fraction of sp³-hybridized carbons (Fsp3) is 0.200. The molecule has 0 aliphatic rings. The number of hydrogen-bond acceptors (Lipinski definition) is 7. The van der Waals surface area contributed by atoms with Crippen molar-refractivity contribution in [3.8, 4) is 11.4 Å². The molecule has 1 heterocycles. The summed E-state index contributed by atoms with van der Waals surface area (Å²) in [6.07, 6.45) is 1.94. The van der Waals surface area contributed by atoms with Crippen LogP contribution in [0.2, 0.25) is 5.02 Å². The fourth-order valence-corrected chi connectivity index (χ4v) is 1.79. The van der Waals surface area contributed by atoms with Crippen molar-refractivity contribution < 1.29 is 23.6 Å². The Bertz CT molecular complexity index is 726. The number of carbonyl (C=O) groups is 2. The van der Waals surface area contributed by atoms with Gasteiger partial charge in [-0.3, -0.25) is 0 Å². The lowest BCUT2D eigenvalue weighted by Gasteiger charge is -1.97. The van der Waals surface area contributed by atoms with Crippen LogP contribution in [0.4, 0.5) is 0 Å². The van der Waals surface area contributed by atoms with Gasteiger partial charge in [0, 0.05) is 17.7 Å². The third-order valence-corrected chi connectivity index (χ3v) is 2.89. The number of halogens is 1. The molecule has 0 aliphatic heterocycles. The average molecular weight is 337 g/mol. The zero-order valence-electron chi connectivity index (χ0n) is 12.2. The first-order chi connectivity index (χ1) is 11.1. The van der Waals surface area contributed by atoms with Gasteiger partial charge in [-0.1, -0.05) is 28.9 Å². The lowest BCUT2D eigenvalue weighted by atomic mass is 10.2. The third kappa shape index (κ3) is 4.93. The van der Waals surface area contributed by atoms with E-state index in [1.54, 1.807) is 31.2 Å². The Morgan fingerprint density at radius 1 is 1.22 bits per heavy atom. The molecule has 0 atom stereocenters. The van der Waals surface area contributed by atoms with Gasteiger partial charge in [0.25, 0.3) is 5.89 Å². The van der Waals surface area contributed by atoms with Gasteiger partial charge in [0.1, 0.15) is 0 Å². The fourth-order valence-electron chi connectivity index (χ4n) is 1.57. The molecule has 0 fully saturated rings. The van der Waals surface area contributed by atoms with Crippen molar-refractivity contribution in [1.82, 2.24) is 10.1 Å². The second kappa shape index (κ2) is 8.09. The molecular weight excluding hydrogens is 324 g/mol. The monoisotopic (exact) mass is 336 g/mol. The first-order valence-electron chi connectivity index (χ1n) is 6.69. The molecule has 0 bridgehead atoms. The molecule has 1 aromatic carbocycles. The van der Waals surface area contributed by atoms with Crippen LogP contribution in [-0.2, 0) is 25.7 Å². The molecule has 1 aromatic heterocycles. The van der Waals surface area contributed by atoms with E-state index in [-0.39, 0.29) is 19.1 Å². The maximum absolute atomic E-state index is 11.4. The van der Waals surface area contributed by atoms with E-state index >= 15 is 0 Å². The highest BCUT2D eigenvalue weighted by molar-refractivity contribution is 6.33. The van der Waals surface area contributed by atoms with E-state index in [1.807, 2.05) is 0 Å². The van der Waals surface area contributed by atoms with Crippen LogP contribution in [-0.4, -0.2) is 28.7 Å². The number of carbonyl (C=O) groups excluding carboxylic acids is 2. The van der Waals surface area contributed by atoms with E-state index in [2.05, 4.69) is 14.9 Å². The van der Waals surface area contributed by atoms with Crippen molar-refractivity contribution in [2.24, 2.45) is 0 Å². The Morgan fingerprint density at radius 3 is 2.61 bits per heavy atom. The van der Waals surface area contributed by atoms with Crippen molar-refractivity contribution in [3.63, 3.8) is 0 Å². The van der Waals surface area contributed by atoms with Crippen LogP contribution in [0, 0.1) is 0 Å². The van der Waals surface area contributed by atoms with Crippen LogP contribution in [0.25, 0.3) is 11.4 Å². The van der Waals surface area contributed by atoms with E-state index in [0.717, 1.165) is 12.2 Å². The minimum Gasteiger partial charge on any atom is -0.463 e. The Kier molecular flexibility index (Phi) is 5.87. The van der Waals surface area contributed by atoms with E-state index in [0.29, 0.717) is 16.4 Å². The summed E-state index contributed by atoms with van der Waals surface area (Å²) in [5.74, 6) is -0.944. The lowest BCUT2D eigenvalue weighted by Crippen LogP contribution is -2.04. The second-order valence-electron chi connectivity index (χ2n) is 4.18. The van der Waals surface area contributed by atoms with Crippen LogP contribution >= 0.6 is 11.6 Å². The molecule has 0 amide bonds. The molecule has 2 aromatic rings. The van der Waals surface area contributed by atoms with E-state index in [1.165, 1.54) is 0 Å². The standard InChI is InChI=1S/C15H13ClN2O5/c1-2-21-13(19)7-8-14(20)22-9-12-17-15(18-23-12)10-5-3-4-6-11(10)16/h3-8H,2,9H2,1H3/b8-7+. The van der Waals surface area contributed by atoms with Crippen molar-refractivity contribution in [2.45, 2.75) is 13.5 Å². The molecule has 0 spiro atoms. The third-order valence-electron chi connectivity index (χ3n) is 2.56. The number of nitrogens with zero attached hydrogens (tertiary/aromatic N) is 2. The Hall–Kier alpha value is -2.67. The van der Waals surface area contributed by atoms with Crippen LogP contribution in [0.1, 0.15) is 12.8 Å². The van der Waals surface area contributed by atoms with E-state index < -0.39 is 11.9 Å². The van der Waals surface area contributed by atoms with Gasteiger partial charge in [0.15, 0.2) is 6.61 Å². The Balaban J connectivity index is 1.91. The SMILES string of the molecule is CCOC(=O)/C=C/C(=O)OCc1nc(-c2ccccc2Cl)no1. The molecule has 120 valence electrons. The summed E-state index contributed by atoms with van der Waals surface area (Å²) in [6, 6.07) is 7.01. The van der Waals surface area contributed by atoms with Crippen molar-refractivity contribution in [1.29, 1.82) is 0 Å². The minimum absolute atomic E-state index is 0.109. The van der Waals surface area contributed by atoms with Crippen molar-refractivity contribution in [3.05, 3.63) is 47.3 Å². The lowest BCUT2D eigenvalue weighted by molar-refractivity contribution is -0.141. The van der Waals surface area contributed by atoms with Gasteiger partial charge in [-0.15, -0.1) is 0 Å². The van der Waals surface area contributed by atoms with Crippen molar-refractivity contribution >= 4 is 23.5 Å². The molecule has 7 nitrogen and oxygen atoms in total. The molecule has 23 heavy (non-hydrogen) atoms. The number of aromatic nitrogens is 2. The van der Waals surface area contributed by atoms with Gasteiger partial charge in [0.2, 0.25) is 5.82 Å². The summed E-state index contributed by atoms with van der Waals surface area (Å²) in [7, 11) is 0. The first kappa shape index (κ1) is 16.7. The highest BCUT2D eigenvalue weighted by Gasteiger charge is 2.12. The molecule has 0 unspecified atom stereocenters. The van der Waals surface area contributed by atoms with Gasteiger partial charge < -0.3 is 14.0 Å². The van der Waals surface area contributed by atoms with Crippen LogP contribution in [0.5, 0.6) is 0 Å². The normalized spacial score (nSPS) is 10.7. The van der Waals surface area contributed by atoms with Crippen LogP contribution < -0.4 is 0 Å². The summed E-state index contributed by atoms with van der Waals surface area (Å²) in [5, 5.41) is 4.25. The minimum atomic E-state index is -0.726. The summed E-state index contributed by atoms with van der Waals surface area (Å²) in [6.45, 7) is 1.67. The van der Waals surface area contributed by atoms with Gasteiger partial charge in [-0.2, -0.15) is 4.98 Å². The molecular formula is C15H13ClN2O5.